The quantitative estimate of drug-likeness (QED) is 0.422. The van der Waals surface area contributed by atoms with Gasteiger partial charge in [-0.3, -0.25) is 19.7 Å². The number of anilines is 2. The van der Waals surface area contributed by atoms with Crippen molar-refractivity contribution in [2.75, 3.05) is 17.2 Å². The lowest BCUT2D eigenvalue weighted by Gasteiger charge is -2.09. The monoisotopic (exact) mass is 446 g/mol. The topological polar surface area (TPSA) is 113 Å². The summed E-state index contributed by atoms with van der Waals surface area (Å²) < 4.78 is 0.908. The van der Waals surface area contributed by atoms with Crippen molar-refractivity contribution >= 4 is 44.8 Å². The second-order valence-electron chi connectivity index (χ2n) is 6.47. The summed E-state index contributed by atoms with van der Waals surface area (Å²) in [6.07, 6.45) is 2.06. The minimum atomic E-state index is -0.507. The van der Waals surface area contributed by atoms with Gasteiger partial charge in [0, 0.05) is 40.8 Å². The maximum Gasteiger partial charge on any atom is 0.293 e. The van der Waals surface area contributed by atoms with Gasteiger partial charge in [-0.05, 0) is 49.2 Å². The van der Waals surface area contributed by atoms with E-state index in [1.807, 2.05) is 12.1 Å². The SMILES string of the molecule is O=C(CCNC(=O)c1ccc(NC2CC2)c([N+](=O)[O-])c1)Nc1ccc(Br)cc1. The highest BCUT2D eigenvalue weighted by Gasteiger charge is 2.25. The summed E-state index contributed by atoms with van der Waals surface area (Å²) in [7, 11) is 0. The summed E-state index contributed by atoms with van der Waals surface area (Å²) in [6.45, 7) is 0.122. The number of amides is 2. The Bertz CT molecular complexity index is 897. The molecule has 0 aromatic heterocycles. The molecular weight excluding hydrogens is 428 g/mol. The molecule has 0 aliphatic heterocycles. The molecule has 0 radical (unpaired) electrons. The van der Waals surface area contributed by atoms with Crippen LogP contribution in [0.4, 0.5) is 17.1 Å². The molecule has 0 saturated heterocycles. The summed E-state index contributed by atoms with van der Waals surface area (Å²) in [5.41, 5.74) is 1.13. The summed E-state index contributed by atoms with van der Waals surface area (Å²) in [5, 5.41) is 19.7. The van der Waals surface area contributed by atoms with Crippen LogP contribution in [0.25, 0.3) is 0 Å². The van der Waals surface area contributed by atoms with Gasteiger partial charge in [0.25, 0.3) is 11.6 Å². The molecule has 1 saturated carbocycles. The first kappa shape index (κ1) is 19.8. The predicted octanol–water partition coefficient (Wildman–Crippen LogP) is 3.69. The van der Waals surface area contributed by atoms with Gasteiger partial charge in [-0.2, -0.15) is 0 Å². The second-order valence-corrected chi connectivity index (χ2v) is 7.38. The van der Waals surface area contributed by atoms with Crippen LogP contribution in [0.2, 0.25) is 0 Å². The highest BCUT2D eigenvalue weighted by Crippen LogP contribution is 2.31. The van der Waals surface area contributed by atoms with Gasteiger partial charge in [-0.1, -0.05) is 15.9 Å². The van der Waals surface area contributed by atoms with Crippen LogP contribution in [0.3, 0.4) is 0 Å². The van der Waals surface area contributed by atoms with Gasteiger partial charge in [0.05, 0.1) is 4.92 Å². The molecule has 9 heteroatoms. The van der Waals surface area contributed by atoms with E-state index in [0.717, 1.165) is 17.3 Å². The molecule has 3 rings (SSSR count). The molecule has 0 spiro atoms. The van der Waals surface area contributed by atoms with E-state index in [1.165, 1.54) is 12.1 Å². The first-order valence-electron chi connectivity index (χ1n) is 8.81. The van der Waals surface area contributed by atoms with Gasteiger partial charge < -0.3 is 16.0 Å². The number of hydrogen-bond donors (Lipinski definition) is 3. The van der Waals surface area contributed by atoms with Gasteiger partial charge in [-0.15, -0.1) is 0 Å². The number of hydrogen-bond acceptors (Lipinski definition) is 5. The third kappa shape index (κ3) is 5.53. The summed E-state index contributed by atoms with van der Waals surface area (Å²) in [4.78, 5) is 35.0. The molecule has 2 aromatic carbocycles. The molecule has 1 fully saturated rings. The van der Waals surface area contributed by atoms with Crippen LogP contribution in [-0.4, -0.2) is 29.3 Å². The molecule has 8 nitrogen and oxygen atoms in total. The number of benzene rings is 2. The van der Waals surface area contributed by atoms with Crippen molar-refractivity contribution in [3.8, 4) is 0 Å². The molecule has 1 aliphatic rings. The summed E-state index contributed by atoms with van der Waals surface area (Å²) in [6, 6.07) is 11.7. The van der Waals surface area contributed by atoms with Crippen LogP contribution in [0.1, 0.15) is 29.6 Å². The number of carbonyl (C=O) groups excluding carboxylic acids is 2. The second kappa shape index (κ2) is 8.83. The Morgan fingerprint density at radius 2 is 1.86 bits per heavy atom. The average molecular weight is 447 g/mol. The van der Waals surface area contributed by atoms with E-state index >= 15 is 0 Å². The number of nitro groups is 1. The molecule has 0 bridgehead atoms. The van der Waals surface area contributed by atoms with Crippen molar-refractivity contribution in [3.63, 3.8) is 0 Å². The first-order valence-corrected chi connectivity index (χ1v) is 9.60. The van der Waals surface area contributed by atoms with E-state index in [2.05, 4.69) is 31.9 Å². The Balaban J connectivity index is 1.52. The van der Waals surface area contributed by atoms with Gasteiger partial charge >= 0.3 is 0 Å². The lowest BCUT2D eigenvalue weighted by molar-refractivity contribution is -0.384. The molecule has 1 aliphatic carbocycles. The maximum atomic E-state index is 12.3. The van der Waals surface area contributed by atoms with Crippen molar-refractivity contribution in [1.82, 2.24) is 5.32 Å². The molecule has 0 heterocycles. The standard InChI is InChI=1S/C19H19BrN4O4/c20-13-2-4-15(5-3-13)23-18(25)9-10-21-19(26)12-1-8-16(22-14-6-7-14)17(11-12)24(27)28/h1-5,8,11,14,22H,6-7,9-10H2,(H,21,26)(H,23,25). The lowest BCUT2D eigenvalue weighted by Crippen LogP contribution is -2.27. The molecule has 146 valence electrons. The van der Waals surface area contributed by atoms with Crippen molar-refractivity contribution in [2.24, 2.45) is 0 Å². The fourth-order valence-corrected chi connectivity index (χ4v) is 2.81. The first-order chi connectivity index (χ1) is 13.4. The van der Waals surface area contributed by atoms with Crippen LogP contribution in [0.5, 0.6) is 0 Å². The Hall–Kier alpha value is -2.94. The van der Waals surface area contributed by atoms with Crippen molar-refractivity contribution in [1.29, 1.82) is 0 Å². The minimum absolute atomic E-state index is 0.0885. The molecule has 0 atom stereocenters. The van der Waals surface area contributed by atoms with E-state index in [1.54, 1.807) is 18.2 Å². The van der Waals surface area contributed by atoms with Crippen LogP contribution in [0, 0.1) is 10.1 Å². The van der Waals surface area contributed by atoms with Crippen LogP contribution in [0.15, 0.2) is 46.9 Å². The Kier molecular flexibility index (Phi) is 6.25. The smallest absolute Gasteiger partial charge is 0.293 e. The van der Waals surface area contributed by atoms with Gasteiger partial charge in [-0.25, -0.2) is 0 Å². The number of carbonyl (C=O) groups is 2. The van der Waals surface area contributed by atoms with Gasteiger partial charge in [0.2, 0.25) is 5.91 Å². The number of nitro benzene ring substituents is 1. The van der Waals surface area contributed by atoms with E-state index in [-0.39, 0.29) is 36.2 Å². The summed E-state index contributed by atoms with van der Waals surface area (Å²) in [5.74, 6) is -0.699. The van der Waals surface area contributed by atoms with Crippen molar-refractivity contribution < 1.29 is 14.5 Å². The predicted molar refractivity (Wildman–Crippen MR) is 109 cm³/mol. The van der Waals surface area contributed by atoms with Crippen molar-refractivity contribution in [2.45, 2.75) is 25.3 Å². The third-order valence-corrected chi connectivity index (χ3v) is 4.69. The highest BCUT2D eigenvalue weighted by atomic mass is 79.9. The molecule has 0 unspecified atom stereocenters. The summed E-state index contributed by atoms with van der Waals surface area (Å²) >= 11 is 3.32. The van der Waals surface area contributed by atoms with Gasteiger partial charge in [0.1, 0.15) is 5.69 Å². The lowest BCUT2D eigenvalue weighted by atomic mass is 10.1. The van der Waals surface area contributed by atoms with E-state index in [4.69, 9.17) is 0 Å². The molecule has 2 aromatic rings. The number of rotatable bonds is 8. The maximum absolute atomic E-state index is 12.3. The minimum Gasteiger partial charge on any atom is -0.377 e. The Labute approximate surface area is 170 Å². The van der Waals surface area contributed by atoms with Crippen LogP contribution >= 0.6 is 15.9 Å². The zero-order valence-corrected chi connectivity index (χ0v) is 16.5. The fraction of sp³-hybridized carbons (Fsp3) is 0.263. The number of nitrogens with zero attached hydrogens (tertiary/aromatic N) is 1. The van der Waals surface area contributed by atoms with E-state index in [9.17, 15) is 19.7 Å². The van der Waals surface area contributed by atoms with E-state index < -0.39 is 10.8 Å². The third-order valence-electron chi connectivity index (χ3n) is 4.16. The van der Waals surface area contributed by atoms with Crippen LogP contribution < -0.4 is 16.0 Å². The zero-order valence-electron chi connectivity index (χ0n) is 14.9. The fourth-order valence-electron chi connectivity index (χ4n) is 2.54. The Morgan fingerprint density at radius 3 is 2.50 bits per heavy atom. The van der Waals surface area contributed by atoms with E-state index in [0.29, 0.717) is 11.4 Å². The number of nitrogens with one attached hydrogen (secondary N) is 3. The van der Waals surface area contributed by atoms with Crippen LogP contribution in [-0.2, 0) is 4.79 Å². The molecular formula is C19H19BrN4O4. The number of halogens is 1. The molecule has 28 heavy (non-hydrogen) atoms. The highest BCUT2D eigenvalue weighted by molar-refractivity contribution is 9.10. The Morgan fingerprint density at radius 1 is 1.14 bits per heavy atom. The largest absolute Gasteiger partial charge is 0.377 e. The average Bonchev–Trinajstić information content (AvgIpc) is 3.47. The molecule has 3 N–H and O–H groups in total. The normalized spacial score (nSPS) is 12.9. The molecule has 2 amide bonds. The van der Waals surface area contributed by atoms with Crippen molar-refractivity contribution in [3.05, 3.63) is 62.6 Å². The zero-order chi connectivity index (χ0) is 20.1. The van der Waals surface area contributed by atoms with Gasteiger partial charge in [0.15, 0.2) is 0 Å².